The van der Waals surface area contributed by atoms with Gasteiger partial charge in [0, 0.05) is 18.5 Å². The molecular formula is C17H15Cl2FN4S. The lowest BCUT2D eigenvalue weighted by Gasteiger charge is -2.27. The van der Waals surface area contributed by atoms with Gasteiger partial charge in [0.2, 0.25) is 0 Å². The summed E-state index contributed by atoms with van der Waals surface area (Å²) < 4.78 is 19.5. The van der Waals surface area contributed by atoms with E-state index in [0.29, 0.717) is 10.5 Å². The lowest BCUT2D eigenvalue weighted by atomic mass is 10.1. The highest BCUT2D eigenvalue weighted by Crippen LogP contribution is 2.42. The van der Waals surface area contributed by atoms with Crippen molar-refractivity contribution in [2.75, 3.05) is 23.7 Å². The first-order chi connectivity index (χ1) is 12.1. The van der Waals surface area contributed by atoms with Crippen LogP contribution in [-0.2, 0) is 0 Å². The predicted molar refractivity (Wildman–Crippen MR) is 103 cm³/mol. The van der Waals surface area contributed by atoms with Crippen molar-refractivity contribution in [3.8, 4) is 11.3 Å². The summed E-state index contributed by atoms with van der Waals surface area (Å²) in [6.07, 6.45) is 3.50. The van der Waals surface area contributed by atoms with E-state index in [-0.39, 0.29) is 22.1 Å². The highest BCUT2D eigenvalue weighted by molar-refractivity contribution is 7.11. The van der Waals surface area contributed by atoms with Crippen LogP contribution in [0.3, 0.4) is 0 Å². The molecule has 1 aromatic carbocycles. The van der Waals surface area contributed by atoms with Crippen LogP contribution in [0.1, 0.15) is 19.3 Å². The molecule has 0 saturated carbocycles. The maximum Gasteiger partial charge on any atom is 0.161 e. The number of nitrogens with zero attached hydrogens (tertiary/aromatic N) is 3. The zero-order valence-corrected chi connectivity index (χ0v) is 15.6. The molecule has 130 valence electrons. The molecular weight excluding hydrogens is 382 g/mol. The van der Waals surface area contributed by atoms with E-state index in [0.717, 1.165) is 36.3 Å². The van der Waals surface area contributed by atoms with E-state index in [9.17, 15) is 0 Å². The average Bonchev–Trinajstić information content (AvgIpc) is 3.02. The number of fused-ring (bicyclic) bond motifs is 1. The molecule has 2 N–H and O–H groups in total. The fourth-order valence-electron chi connectivity index (χ4n) is 3.17. The summed E-state index contributed by atoms with van der Waals surface area (Å²) in [5.41, 5.74) is 6.40. The summed E-state index contributed by atoms with van der Waals surface area (Å²) >= 11 is 13.9. The normalized spacial score (nSPS) is 15.1. The Morgan fingerprint density at radius 3 is 2.64 bits per heavy atom. The van der Waals surface area contributed by atoms with Gasteiger partial charge in [-0.2, -0.15) is 4.37 Å². The molecule has 0 radical (unpaired) electrons. The van der Waals surface area contributed by atoms with Crippen molar-refractivity contribution in [1.82, 2.24) is 9.36 Å². The van der Waals surface area contributed by atoms with Gasteiger partial charge in [0.25, 0.3) is 0 Å². The number of hydrogen-bond donors (Lipinski definition) is 1. The van der Waals surface area contributed by atoms with Crippen LogP contribution in [0.5, 0.6) is 0 Å². The molecule has 1 fully saturated rings. The van der Waals surface area contributed by atoms with E-state index >= 15 is 4.39 Å². The topological polar surface area (TPSA) is 55.0 Å². The third-order valence-corrected chi connectivity index (χ3v) is 5.92. The number of rotatable bonds is 2. The lowest BCUT2D eigenvalue weighted by molar-refractivity contribution is 0.581. The van der Waals surface area contributed by atoms with Crippen LogP contribution in [0.15, 0.2) is 18.2 Å². The number of benzene rings is 1. The third kappa shape index (κ3) is 2.92. The molecule has 8 heteroatoms. The van der Waals surface area contributed by atoms with Crippen LogP contribution < -0.4 is 10.6 Å². The van der Waals surface area contributed by atoms with Gasteiger partial charge in [0.05, 0.1) is 21.3 Å². The van der Waals surface area contributed by atoms with Gasteiger partial charge in [-0.15, -0.1) is 0 Å². The fourth-order valence-corrected chi connectivity index (χ4v) is 4.56. The number of halogens is 3. The van der Waals surface area contributed by atoms with E-state index in [4.69, 9.17) is 28.9 Å². The van der Waals surface area contributed by atoms with E-state index in [2.05, 4.69) is 14.3 Å². The van der Waals surface area contributed by atoms with Crippen LogP contribution in [0.2, 0.25) is 10.0 Å². The van der Waals surface area contributed by atoms with Gasteiger partial charge in [0.1, 0.15) is 16.3 Å². The minimum absolute atomic E-state index is 0.141. The molecule has 0 aliphatic carbocycles. The number of aromatic nitrogens is 2. The highest BCUT2D eigenvalue weighted by Gasteiger charge is 2.24. The Morgan fingerprint density at radius 1 is 1.12 bits per heavy atom. The van der Waals surface area contributed by atoms with Crippen molar-refractivity contribution in [1.29, 1.82) is 0 Å². The van der Waals surface area contributed by atoms with Gasteiger partial charge in [0.15, 0.2) is 5.82 Å². The molecule has 2 aromatic heterocycles. The molecule has 0 spiro atoms. The average molecular weight is 397 g/mol. The van der Waals surface area contributed by atoms with Crippen LogP contribution in [0.4, 0.5) is 15.2 Å². The first-order valence-corrected chi connectivity index (χ1v) is 9.54. The van der Waals surface area contributed by atoms with Crippen molar-refractivity contribution < 1.29 is 4.39 Å². The third-order valence-electron chi connectivity index (χ3n) is 4.39. The molecule has 3 aromatic rings. The lowest BCUT2D eigenvalue weighted by Crippen LogP contribution is -2.28. The smallest absolute Gasteiger partial charge is 0.161 e. The van der Waals surface area contributed by atoms with Crippen LogP contribution in [-0.4, -0.2) is 22.4 Å². The first-order valence-electron chi connectivity index (χ1n) is 8.01. The second-order valence-corrected chi connectivity index (χ2v) is 7.61. The fraction of sp³-hybridized carbons (Fsp3) is 0.294. The Balaban J connectivity index is 1.89. The summed E-state index contributed by atoms with van der Waals surface area (Å²) in [7, 11) is 0. The number of anilines is 2. The zero-order chi connectivity index (χ0) is 17.6. The van der Waals surface area contributed by atoms with Gasteiger partial charge in [-0.3, -0.25) is 0 Å². The van der Waals surface area contributed by atoms with Gasteiger partial charge in [-0.1, -0.05) is 23.2 Å². The second-order valence-electron chi connectivity index (χ2n) is 6.05. The number of nitrogen functional groups attached to an aromatic ring is 1. The maximum atomic E-state index is 15.2. The number of piperidine rings is 1. The molecule has 1 saturated heterocycles. The quantitative estimate of drug-likeness (QED) is 0.631. The van der Waals surface area contributed by atoms with Crippen LogP contribution in [0.25, 0.3) is 22.2 Å². The summed E-state index contributed by atoms with van der Waals surface area (Å²) in [5.74, 6) is -0.260. The Kier molecular flexibility index (Phi) is 4.43. The number of hydrogen-bond acceptors (Lipinski definition) is 5. The van der Waals surface area contributed by atoms with Crippen molar-refractivity contribution in [3.05, 3.63) is 34.1 Å². The minimum Gasteiger partial charge on any atom is -0.384 e. The summed E-state index contributed by atoms with van der Waals surface area (Å²) in [4.78, 5) is 6.41. The molecule has 0 amide bonds. The SMILES string of the molecule is Nc1ccc(Cl)c(-c2c(Cl)cc3c(N4CCCCC4)snc3c2F)n1. The summed E-state index contributed by atoms with van der Waals surface area (Å²) in [6.45, 7) is 1.92. The summed E-state index contributed by atoms with van der Waals surface area (Å²) in [6, 6.07) is 4.90. The molecule has 3 heterocycles. The Hall–Kier alpha value is -1.63. The Bertz CT molecular complexity index is 953. The van der Waals surface area contributed by atoms with E-state index in [1.54, 1.807) is 18.2 Å². The molecule has 1 aliphatic rings. The van der Waals surface area contributed by atoms with Gasteiger partial charge in [-0.05, 0) is 49.0 Å². The molecule has 4 rings (SSSR count). The zero-order valence-electron chi connectivity index (χ0n) is 13.2. The van der Waals surface area contributed by atoms with Gasteiger partial charge < -0.3 is 10.6 Å². The Morgan fingerprint density at radius 2 is 1.88 bits per heavy atom. The van der Waals surface area contributed by atoms with Crippen LogP contribution in [0, 0.1) is 5.82 Å². The highest BCUT2D eigenvalue weighted by atomic mass is 35.5. The summed E-state index contributed by atoms with van der Waals surface area (Å²) in [5, 5.41) is 2.25. The Labute approximate surface area is 158 Å². The van der Waals surface area contributed by atoms with E-state index in [1.165, 1.54) is 18.0 Å². The van der Waals surface area contributed by atoms with Crippen LogP contribution >= 0.6 is 34.7 Å². The maximum absolute atomic E-state index is 15.2. The van der Waals surface area contributed by atoms with Crippen molar-refractivity contribution >= 4 is 56.5 Å². The standard InChI is InChI=1S/C17H15Cl2FN4S/c18-10-4-5-12(21)22-16(10)13-11(19)8-9-15(14(13)20)23-25-17(9)24-6-2-1-3-7-24/h4-5,8H,1-3,6-7H2,(H2,21,22). The number of nitrogens with two attached hydrogens (primary N) is 1. The number of pyridine rings is 1. The predicted octanol–water partition coefficient (Wildman–Crippen LogP) is 5.38. The van der Waals surface area contributed by atoms with Gasteiger partial charge >= 0.3 is 0 Å². The minimum atomic E-state index is -0.512. The van der Waals surface area contributed by atoms with Crippen molar-refractivity contribution in [2.24, 2.45) is 0 Å². The molecule has 0 atom stereocenters. The molecule has 25 heavy (non-hydrogen) atoms. The van der Waals surface area contributed by atoms with Crippen molar-refractivity contribution in [3.63, 3.8) is 0 Å². The first kappa shape index (κ1) is 16.8. The molecule has 1 aliphatic heterocycles. The van der Waals surface area contributed by atoms with E-state index in [1.807, 2.05) is 0 Å². The van der Waals surface area contributed by atoms with E-state index < -0.39 is 5.82 Å². The monoisotopic (exact) mass is 396 g/mol. The van der Waals surface area contributed by atoms with Gasteiger partial charge in [-0.25, -0.2) is 9.37 Å². The largest absolute Gasteiger partial charge is 0.384 e. The molecule has 0 unspecified atom stereocenters. The molecule has 4 nitrogen and oxygen atoms in total. The molecule has 0 bridgehead atoms. The van der Waals surface area contributed by atoms with Crippen molar-refractivity contribution in [2.45, 2.75) is 19.3 Å². The second kappa shape index (κ2) is 6.59.